The van der Waals surface area contributed by atoms with Crippen molar-refractivity contribution in [3.63, 3.8) is 0 Å². The molecule has 0 saturated carbocycles. The topological polar surface area (TPSA) is 71.5 Å². The van der Waals surface area contributed by atoms with Crippen LogP contribution in [0.2, 0.25) is 0 Å². The number of rotatable bonds is 2. The van der Waals surface area contributed by atoms with Gasteiger partial charge in [-0.1, -0.05) is 6.07 Å². The van der Waals surface area contributed by atoms with Gasteiger partial charge in [0.1, 0.15) is 27.7 Å². The zero-order valence-corrected chi connectivity index (χ0v) is 15.7. The Kier molecular flexibility index (Phi) is 5.17. The van der Waals surface area contributed by atoms with Crippen molar-refractivity contribution in [2.45, 2.75) is 51.4 Å². The van der Waals surface area contributed by atoms with Gasteiger partial charge in [-0.25, -0.2) is 14.2 Å². The van der Waals surface area contributed by atoms with Crippen molar-refractivity contribution in [3.8, 4) is 0 Å². The molecule has 0 radical (unpaired) electrons. The summed E-state index contributed by atoms with van der Waals surface area (Å²) >= 11 is 3.21. The van der Waals surface area contributed by atoms with E-state index in [9.17, 15) is 14.0 Å². The highest BCUT2D eigenvalue weighted by Crippen LogP contribution is 2.32. The molecule has 24 heavy (non-hydrogen) atoms. The van der Waals surface area contributed by atoms with Crippen LogP contribution < -0.4 is 5.32 Å². The van der Waals surface area contributed by atoms with Gasteiger partial charge in [0.25, 0.3) is 0 Å². The maximum atomic E-state index is 14.4. The van der Waals surface area contributed by atoms with Gasteiger partial charge in [0, 0.05) is 6.42 Å². The van der Waals surface area contributed by atoms with Crippen LogP contribution in [0.1, 0.15) is 34.1 Å². The number of carbonyl (C=O) groups excluding carboxylic acids is 2. The van der Waals surface area contributed by atoms with Gasteiger partial charge in [0.05, 0.1) is 6.54 Å². The van der Waals surface area contributed by atoms with Crippen molar-refractivity contribution in [1.29, 1.82) is 0 Å². The summed E-state index contributed by atoms with van der Waals surface area (Å²) in [6.07, 6.45) is -0.794. The molecule has 0 aliphatic carbocycles. The molecule has 2 heterocycles. The molecule has 0 aromatic carbocycles. The standard InChI is InChI=1S/C16H21BrFN3O3/c1-15(2,3)24-14(23)21-9-16(4,18)8-10(21)13(22)20-12-7-5-6-11(17)19-12/h5-7,10H,8-9H2,1-4H3,(H,19,20,22)/t10-,16+/m0/s1. The molecule has 1 aromatic heterocycles. The van der Waals surface area contributed by atoms with Crippen molar-refractivity contribution in [2.75, 3.05) is 11.9 Å². The van der Waals surface area contributed by atoms with E-state index in [1.54, 1.807) is 39.0 Å². The van der Waals surface area contributed by atoms with E-state index in [1.807, 2.05) is 0 Å². The van der Waals surface area contributed by atoms with E-state index in [1.165, 1.54) is 6.92 Å². The summed E-state index contributed by atoms with van der Waals surface area (Å²) in [5.74, 6) is -0.168. The second kappa shape index (κ2) is 6.66. The van der Waals surface area contributed by atoms with Gasteiger partial charge in [0.2, 0.25) is 5.91 Å². The second-order valence-electron chi connectivity index (χ2n) is 7.08. The number of nitrogens with one attached hydrogen (secondary N) is 1. The van der Waals surface area contributed by atoms with Crippen LogP contribution in [0.4, 0.5) is 15.0 Å². The number of halogens is 2. The van der Waals surface area contributed by atoms with Gasteiger partial charge in [-0.05, 0) is 55.8 Å². The number of pyridine rings is 1. The molecule has 2 amide bonds. The van der Waals surface area contributed by atoms with E-state index in [0.29, 0.717) is 10.4 Å². The highest BCUT2D eigenvalue weighted by Gasteiger charge is 2.48. The Morgan fingerprint density at radius 1 is 1.46 bits per heavy atom. The van der Waals surface area contributed by atoms with Gasteiger partial charge < -0.3 is 10.1 Å². The number of aromatic nitrogens is 1. The number of nitrogens with zero attached hydrogens (tertiary/aromatic N) is 2. The average Bonchev–Trinajstić information content (AvgIpc) is 2.73. The van der Waals surface area contributed by atoms with Gasteiger partial charge in [-0.3, -0.25) is 9.69 Å². The van der Waals surface area contributed by atoms with Gasteiger partial charge in [-0.15, -0.1) is 0 Å². The maximum Gasteiger partial charge on any atom is 0.411 e. The summed E-state index contributed by atoms with van der Waals surface area (Å²) in [7, 11) is 0. The van der Waals surface area contributed by atoms with Crippen LogP contribution in [0.5, 0.6) is 0 Å². The molecule has 0 bridgehead atoms. The molecule has 1 aliphatic heterocycles. The summed E-state index contributed by atoms with van der Waals surface area (Å²) in [6.45, 7) is 6.34. The van der Waals surface area contributed by atoms with E-state index in [2.05, 4.69) is 26.2 Å². The lowest BCUT2D eigenvalue weighted by Gasteiger charge is -2.27. The van der Waals surface area contributed by atoms with Gasteiger partial charge >= 0.3 is 6.09 Å². The van der Waals surface area contributed by atoms with Crippen molar-refractivity contribution >= 4 is 33.7 Å². The van der Waals surface area contributed by atoms with Gasteiger partial charge in [-0.2, -0.15) is 0 Å². The minimum atomic E-state index is -1.65. The quantitative estimate of drug-likeness (QED) is 0.769. The first kappa shape index (κ1) is 18.6. The molecule has 8 heteroatoms. The lowest BCUT2D eigenvalue weighted by molar-refractivity contribution is -0.120. The van der Waals surface area contributed by atoms with E-state index >= 15 is 0 Å². The first-order chi connectivity index (χ1) is 11.0. The summed E-state index contributed by atoms with van der Waals surface area (Å²) < 4.78 is 20.3. The highest BCUT2D eigenvalue weighted by molar-refractivity contribution is 9.10. The molecule has 0 unspecified atom stereocenters. The Balaban J connectivity index is 2.15. The Bertz CT molecular complexity index is 646. The zero-order valence-electron chi connectivity index (χ0n) is 14.1. The highest BCUT2D eigenvalue weighted by atomic mass is 79.9. The Hall–Kier alpha value is -1.70. The van der Waals surface area contributed by atoms with Crippen molar-refractivity contribution in [1.82, 2.24) is 9.88 Å². The Morgan fingerprint density at radius 3 is 2.71 bits per heavy atom. The van der Waals surface area contributed by atoms with E-state index in [4.69, 9.17) is 4.74 Å². The van der Waals surface area contributed by atoms with E-state index in [0.717, 1.165) is 4.90 Å². The van der Waals surface area contributed by atoms with Crippen LogP contribution >= 0.6 is 15.9 Å². The smallest absolute Gasteiger partial charge is 0.411 e. The van der Waals surface area contributed by atoms with E-state index in [-0.39, 0.29) is 13.0 Å². The maximum absolute atomic E-state index is 14.4. The third-order valence-electron chi connectivity index (χ3n) is 3.39. The monoisotopic (exact) mass is 401 g/mol. The van der Waals surface area contributed by atoms with Crippen molar-refractivity contribution in [2.24, 2.45) is 0 Å². The SMILES string of the molecule is CC(C)(C)OC(=O)N1C[C@](C)(F)C[C@H]1C(=O)Nc1cccc(Br)n1. The lowest BCUT2D eigenvalue weighted by atomic mass is 10.0. The van der Waals surface area contributed by atoms with Crippen LogP contribution in [0.3, 0.4) is 0 Å². The van der Waals surface area contributed by atoms with Crippen LogP contribution in [-0.2, 0) is 9.53 Å². The molecular formula is C16H21BrFN3O3. The van der Waals surface area contributed by atoms with E-state index < -0.39 is 29.3 Å². The second-order valence-corrected chi connectivity index (χ2v) is 7.89. The number of amides is 2. The van der Waals surface area contributed by atoms with Crippen LogP contribution in [0.25, 0.3) is 0 Å². The fourth-order valence-corrected chi connectivity index (χ4v) is 2.82. The Labute approximate surface area is 148 Å². The van der Waals surface area contributed by atoms with Crippen molar-refractivity contribution in [3.05, 3.63) is 22.8 Å². The van der Waals surface area contributed by atoms with Crippen LogP contribution in [0, 0.1) is 0 Å². The molecule has 0 spiro atoms. The summed E-state index contributed by atoms with van der Waals surface area (Å²) in [5, 5.41) is 2.61. The number of hydrogen-bond acceptors (Lipinski definition) is 4. The third-order valence-corrected chi connectivity index (χ3v) is 3.83. The third kappa shape index (κ3) is 4.90. The molecule has 1 N–H and O–H groups in total. The molecule has 1 aromatic rings. The van der Waals surface area contributed by atoms with Crippen LogP contribution in [-0.4, -0.2) is 45.7 Å². The fraction of sp³-hybridized carbons (Fsp3) is 0.562. The number of alkyl halides is 1. The molecule has 1 fully saturated rings. The number of hydrogen-bond donors (Lipinski definition) is 1. The molecule has 2 atom stereocenters. The lowest BCUT2D eigenvalue weighted by Crippen LogP contribution is -2.45. The number of anilines is 1. The first-order valence-corrected chi connectivity index (χ1v) is 8.38. The summed E-state index contributed by atoms with van der Waals surface area (Å²) in [5.41, 5.74) is -2.37. The van der Waals surface area contributed by atoms with Crippen molar-refractivity contribution < 1.29 is 18.7 Å². The Morgan fingerprint density at radius 2 is 2.12 bits per heavy atom. The minimum absolute atomic E-state index is 0.0912. The summed E-state index contributed by atoms with van der Waals surface area (Å²) in [4.78, 5) is 30.1. The largest absolute Gasteiger partial charge is 0.444 e. The summed E-state index contributed by atoms with van der Waals surface area (Å²) in [6, 6.07) is 4.10. The van der Waals surface area contributed by atoms with Crippen LogP contribution in [0.15, 0.2) is 22.8 Å². The normalized spacial score (nSPS) is 23.9. The first-order valence-electron chi connectivity index (χ1n) is 7.59. The molecule has 1 aliphatic rings. The number of likely N-dealkylation sites (tertiary alicyclic amines) is 1. The fourth-order valence-electron chi connectivity index (χ4n) is 2.48. The molecule has 2 rings (SSSR count). The molecule has 6 nitrogen and oxygen atoms in total. The number of carbonyl (C=O) groups is 2. The zero-order chi connectivity index (χ0) is 18.1. The average molecular weight is 402 g/mol. The number of ether oxygens (including phenoxy) is 1. The predicted molar refractivity (Wildman–Crippen MR) is 91.4 cm³/mol. The predicted octanol–water partition coefficient (Wildman–Crippen LogP) is 3.52. The molecule has 132 valence electrons. The minimum Gasteiger partial charge on any atom is -0.444 e. The molecular weight excluding hydrogens is 381 g/mol. The van der Waals surface area contributed by atoms with Gasteiger partial charge in [0.15, 0.2) is 0 Å². The molecule has 1 saturated heterocycles.